The summed E-state index contributed by atoms with van der Waals surface area (Å²) < 4.78 is 1.71. The number of hydrogen-bond acceptors (Lipinski definition) is 5. The van der Waals surface area contributed by atoms with E-state index in [0.29, 0.717) is 31.6 Å². The van der Waals surface area contributed by atoms with Gasteiger partial charge < -0.3 is 10.4 Å². The second-order valence-electron chi connectivity index (χ2n) is 7.07. The van der Waals surface area contributed by atoms with Gasteiger partial charge in [0.2, 0.25) is 0 Å². The summed E-state index contributed by atoms with van der Waals surface area (Å²) in [5, 5.41) is 12.1. The zero-order chi connectivity index (χ0) is 22.2. The molecule has 1 aromatic heterocycles. The fourth-order valence-corrected chi connectivity index (χ4v) is 4.14. The Bertz CT molecular complexity index is 1070. The fourth-order valence-electron chi connectivity index (χ4n) is 3.26. The number of thioether (sulfide) groups is 1. The van der Waals surface area contributed by atoms with Gasteiger partial charge in [-0.1, -0.05) is 44.2 Å². The first kappa shape index (κ1) is 22.6. The van der Waals surface area contributed by atoms with Gasteiger partial charge in [-0.3, -0.25) is 14.2 Å². The standard InChI is InChI=1S/C24H27N3O3S/c1-3-21(24(29)30)31-19-12-10-18(11-13-19)25-14-15-27-22(4-2)26-20(16-23(27)28)17-8-6-5-7-9-17/h5-13,16,21,25H,3-4,14-15H2,1-2H3,(H,29,30). The molecule has 7 heteroatoms. The number of anilines is 1. The summed E-state index contributed by atoms with van der Waals surface area (Å²) >= 11 is 1.35. The Hall–Kier alpha value is -3.06. The van der Waals surface area contributed by atoms with Crippen LogP contribution >= 0.6 is 11.8 Å². The molecule has 162 valence electrons. The van der Waals surface area contributed by atoms with Crippen LogP contribution in [0.4, 0.5) is 5.69 Å². The summed E-state index contributed by atoms with van der Waals surface area (Å²) in [6, 6.07) is 19.0. The van der Waals surface area contributed by atoms with Crippen LogP contribution in [0.5, 0.6) is 0 Å². The Labute approximate surface area is 186 Å². The van der Waals surface area contributed by atoms with Gasteiger partial charge in [0.15, 0.2) is 0 Å². The van der Waals surface area contributed by atoms with Crippen LogP contribution in [-0.4, -0.2) is 32.4 Å². The molecule has 0 radical (unpaired) electrons. The van der Waals surface area contributed by atoms with E-state index in [1.54, 1.807) is 10.6 Å². The zero-order valence-corrected chi connectivity index (χ0v) is 18.6. The number of carboxylic acid groups (broad SMARTS) is 1. The predicted octanol–water partition coefficient (Wildman–Crippen LogP) is 4.54. The van der Waals surface area contributed by atoms with Crippen LogP contribution in [0.15, 0.2) is 70.4 Å². The van der Waals surface area contributed by atoms with Crippen molar-refractivity contribution in [3.63, 3.8) is 0 Å². The number of nitrogens with one attached hydrogen (secondary N) is 1. The predicted molar refractivity (Wildman–Crippen MR) is 126 cm³/mol. The maximum Gasteiger partial charge on any atom is 0.316 e. The minimum Gasteiger partial charge on any atom is -0.480 e. The first-order valence-corrected chi connectivity index (χ1v) is 11.3. The molecule has 1 atom stereocenters. The Balaban J connectivity index is 1.64. The summed E-state index contributed by atoms with van der Waals surface area (Å²) in [7, 11) is 0. The van der Waals surface area contributed by atoms with E-state index in [4.69, 9.17) is 4.98 Å². The summed E-state index contributed by atoms with van der Waals surface area (Å²) in [6.07, 6.45) is 1.25. The number of rotatable bonds is 10. The lowest BCUT2D eigenvalue weighted by Crippen LogP contribution is -2.27. The number of nitrogens with zero attached hydrogens (tertiary/aromatic N) is 2. The van der Waals surface area contributed by atoms with Gasteiger partial charge in [0.05, 0.1) is 5.69 Å². The van der Waals surface area contributed by atoms with Crippen LogP contribution in [0, 0.1) is 0 Å². The van der Waals surface area contributed by atoms with Gasteiger partial charge >= 0.3 is 5.97 Å². The number of aryl methyl sites for hydroxylation is 1. The minimum atomic E-state index is -0.793. The first-order valence-electron chi connectivity index (χ1n) is 10.4. The van der Waals surface area contributed by atoms with Crippen molar-refractivity contribution in [3.05, 3.63) is 76.8 Å². The lowest BCUT2D eigenvalue weighted by molar-refractivity contribution is -0.136. The van der Waals surface area contributed by atoms with Crippen LogP contribution in [0.25, 0.3) is 11.3 Å². The van der Waals surface area contributed by atoms with Crippen molar-refractivity contribution in [2.45, 2.75) is 43.4 Å². The van der Waals surface area contributed by atoms with Crippen molar-refractivity contribution >= 4 is 23.4 Å². The van der Waals surface area contributed by atoms with E-state index in [9.17, 15) is 14.7 Å². The average Bonchev–Trinajstić information content (AvgIpc) is 2.79. The van der Waals surface area contributed by atoms with E-state index in [-0.39, 0.29) is 5.56 Å². The Morgan fingerprint density at radius 1 is 1.13 bits per heavy atom. The number of benzene rings is 2. The summed E-state index contributed by atoms with van der Waals surface area (Å²) in [4.78, 5) is 29.5. The van der Waals surface area contributed by atoms with Crippen molar-refractivity contribution in [1.29, 1.82) is 0 Å². The molecule has 0 saturated carbocycles. The molecule has 2 N–H and O–H groups in total. The van der Waals surface area contributed by atoms with E-state index >= 15 is 0 Å². The van der Waals surface area contributed by atoms with Gasteiger partial charge in [-0.2, -0.15) is 0 Å². The highest BCUT2D eigenvalue weighted by Crippen LogP contribution is 2.26. The summed E-state index contributed by atoms with van der Waals surface area (Å²) in [5.41, 5.74) is 2.50. The molecule has 0 aliphatic carbocycles. The molecule has 0 spiro atoms. The van der Waals surface area contributed by atoms with Crippen LogP contribution < -0.4 is 10.9 Å². The maximum absolute atomic E-state index is 12.7. The van der Waals surface area contributed by atoms with Gasteiger partial charge in [0.1, 0.15) is 11.1 Å². The fraction of sp³-hybridized carbons (Fsp3) is 0.292. The molecule has 0 bridgehead atoms. The number of aliphatic carboxylic acids is 1. The molecule has 0 aliphatic heterocycles. The molecular weight excluding hydrogens is 410 g/mol. The Kier molecular flexibility index (Phi) is 7.89. The van der Waals surface area contributed by atoms with Crippen LogP contribution in [0.3, 0.4) is 0 Å². The average molecular weight is 438 g/mol. The molecule has 1 heterocycles. The van der Waals surface area contributed by atoms with Crippen molar-refractivity contribution < 1.29 is 9.90 Å². The van der Waals surface area contributed by atoms with E-state index in [1.807, 2.05) is 68.4 Å². The molecule has 0 aliphatic rings. The highest BCUT2D eigenvalue weighted by molar-refractivity contribution is 8.00. The molecule has 3 aromatic rings. The monoisotopic (exact) mass is 437 g/mol. The first-order chi connectivity index (χ1) is 15.0. The third kappa shape index (κ3) is 5.98. The molecule has 0 saturated heterocycles. The van der Waals surface area contributed by atoms with E-state index in [0.717, 1.165) is 22.0 Å². The molecule has 31 heavy (non-hydrogen) atoms. The summed E-state index contributed by atoms with van der Waals surface area (Å²) in [5.74, 6) is -0.0297. The smallest absolute Gasteiger partial charge is 0.316 e. The maximum atomic E-state index is 12.7. The van der Waals surface area contributed by atoms with E-state index < -0.39 is 11.2 Å². The van der Waals surface area contributed by atoms with Crippen LogP contribution in [-0.2, 0) is 17.8 Å². The Morgan fingerprint density at radius 3 is 2.45 bits per heavy atom. The molecule has 6 nitrogen and oxygen atoms in total. The highest BCUT2D eigenvalue weighted by atomic mass is 32.2. The van der Waals surface area contributed by atoms with Crippen LogP contribution in [0.2, 0.25) is 0 Å². The second-order valence-corrected chi connectivity index (χ2v) is 8.35. The highest BCUT2D eigenvalue weighted by Gasteiger charge is 2.16. The second kappa shape index (κ2) is 10.8. The third-order valence-electron chi connectivity index (χ3n) is 4.92. The van der Waals surface area contributed by atoms with Crippen molar-refractivity contribution in [1.82, 2.24) is 9.55 Å². The molecule has 3 rings (SSSR count). The van der Waals surface area contributed by atoms with Crippen molar-refractivity contribution in [3.8, 4) is 11.3 Å². The molecular formula is C24H27N3O3S. The zero-order valence-electron chi connectivity index (χ0n) is 17.7. The Morgan fingerprint density at radius 2 is 1.84 bits per heavy atom. The van der Waals surface area contributed by atoms with Gasteiger partial charge in [0.25, 0.3) is 5.56 Å². The van der Waals surface area contributed by atoms with Gasteiger partial charge in [-0.25, -0.2) is 4.98 Å². The molecule has 2 aromatic carbocycles. The number of carbonyl (C=O) groups is 1. The third-order valence-corrected chi connectivity index (χ3v) is 6.28. The lowest BCUT2D eigenvalue weighted by atomic mass is 10.1. The minimum absolute atomic E-state index is 0.0569. The lowest BCUT2D eigenvalue weighted by Gasteiger charge is -2.14. The van der Waals surface area contributed by atoms with Crippen molar-refractivity contribution in [2.75, 3.05) is 11.9 Å². The van der Waals surface area contributed by atoms with Gasteiger partial charge in [-0.15, -0.1) is 11.8 Å². The van der Waals surface area contributed by atoms with E-state index in [2.05, 4.69) is 5.32 Å². The molecule has 0 amide bonds. The topological polar surface area (TPSA) is 84.2 Å². The van der Waals surface area contributed by atoms with E-state index in [1.165, 1.54) is 11.8 Å². The normalized spacial score (nSPS) is 11.8. The number of hydrogen-bond donors (Lipinski definition) is 2. The summed E-state index contributed by atoms with van der Waals surface area (Å²) in [6.45, 7) is 4.96. The molecule has 0 fully saturated rings. The number of aromatic nitrogens is 2. The van der Waals surface area contributed by atoms with Crippen molar-refractivity contribution in [2.24, 2.45) is 0 Å². The van der Waals surface area contributed by atoms with Crippen LogP contribution in [0.1, 0.15) is 26.1 Å². The largest absolute Gasteiger partial charge is 0.480 e. The number of carboxylic acids is 1. The SMILES string of the molecule is CCc1nc(-c2ccccc2)cc(=O)n1CCNc1ccc(SC(CC)C(=O)O)cc1. The molecule has 1 unspecified atom stereocenters. The quantitative estimate of drug-likeness (QED) is 0.453. The van der Waals surface area contributed by atoms with Gasteiger partial charge in [-0.05, 0) is 30.7 Å². The van der Waals surface area contributed by atoms with Gasteiger partial charge in [0, 0.05) is 41.7 Å².